The molecule has 1 amide bonds. The Kier molecular flexibility index (Phi) is 5.03. The van der Waals surface area contributed by atoms with Crippen molar-refractivity contribution in [3.8, 4) is 0 Å². The Bertz CT molecular complexity index is 718. The van der Waals surface area contributed by atoms with Crippen molar-refractivity contribution in [1.82, 2.24) is 10.6 Å². The second-order valence-electron chi connectivity index (χ2n) is 8.38. The quantitative estimate of drug-likeness (QED) is 0.854. The molecule has 0 bridgehead atoms. The molecule has 4 heteroatoms. The van der Waals surface area contributed by atoms with E-state index in [4.69, 9.17) is 0 Å². The fourth-order valence-electron chi connectivity index (χ4n) is 4.18. The number of amides is 1. The Morgan fingerprint density at radius 1 is 1.12 bits per heavy atom. The summed E-state index contributed by atoms with van der Waals surface area (Å²) in [5.41, 5.74) is 1.94. The van der Waals surface area contributed by atoms with Crippen LogP contribution >= 0.6 is 11.3 Å². The van der Waals surface area contributed by atoms with Crippen molar-refractivity contribution in [2.75, 3.05) is 0 Å². The number of hydrogen-bond acceptors (Lipinski definition) is 3. The van der Waals surface area contributed by atoms with Crippen molar-refractivity contribution in [3.63, 3.8) is 0 Å². The standard InChI is InChI=1S/C21H28N2OS/c1-20(2)13-16(14-21(3,4)23-20)22-19(24)18-10-6-5-8-15(18)12-17-9-7-11-25-17/h5-11,16,23H,12-14H2,1-4H3,(H,22,24). The Morgan fingerprint density at radius 2 is 1.80 bits per heavy atom. The smallest absolute Gasteiger partial charge is 0.251 e. The summed E-state index contributed by atoms with van der Waals surface area (Å²) in [6.07, 6.45) is 2.69. The maximum Gasteiger partial charge on any atom is 0.251 e. The molecule has 1 aliphatic heterocycles. The van der Waals surface area contributed by atoms with Gasteiger partial charge in [-0.2, -0.15) is 0 Å². The van der Waals surface area contributed by atoms with Crippen molar-refractivity contribution in [2.24, 2.45) is 0 Å². The molecule has 0 saturated carbocycles. The third-order valence-electron chi connectivity index (χ3n) is 4.73. The van der Waals surface area contributed by atoms with E-state index in [9.17, 15) is 4.79 Å². The second-order valence-corrected chi connectivity index (χ2v) is 9.42. The first kappa shape index (κ1) is 18.2. The number of benzene rings is 1. The highest BCUT2D eigenvalue weighted by Crippen LogP contribution is 2.29. The molecule has 1 fully saturated rings. The Labute approximate surface area is 154 Å². The van der Waals surface area contributed by atoms with Gasteiger partial charge in [-0.15, -0.1) is 11.3 Å². The summed E-state index contributed by atoms with van der Waals surface area (Å²) in [5.74, 6) is 0.0469. The fraction of sp³-hybridized carbons (Fsp3) is 0.476. The number of carbonyl (C=O) groups is 1. The minimum Gasteiger partial charge on any atom is -0.349 e. The Morgan fingerprint density at radius 3 is 2.44 bits per heavy atom. The summed E-state index contributed by atoms with van der Waals surface area (Å²) in [6, 6.07) is 12.3. The molecule has 134 valence electrons. The lowest BCUT2D eigenvalue weighted by atomic mass is 9.79. The van der Waals surface area contributed by atoms with E-state index in [0.717, 1.165) is 30.4 Å². The van der Waals surface area contributed by atoms with E-state index in [0.29, 0.717) is 0 Å². The number of nitrogens with one attached hydrogen (secondary N) is 2. The van der Waals surface area contributed by atoms with Crippen LogP contribution < -0.4 is 10.6 Å². The van der Waals surface area contributed by atoms with E-state index in [1.807, 2.05) is 18.2 Å². The van der Waals surface area contributed by atoms with Crippen LogP contribution in [0.1, 0.15) is 61.3 Å². The molecule has 2 N–H and O–H groups in total. The molecule has 2 aromatic rings. The minimum absolute atomic E-state index is 0.0240. The summed E-state index contributed by atoms with van der Waals surface area (Å²) < 4.78 is 0. The van der Waals surface area contributed by atoms with E-state index in [1.165, 1.54) is 4.88 Å². The minimum atomic E-state index is 0.0240. The monoisotopic (exact) mass is 356 g/mol. The van der Waals surface area contributed by atoms with Gasteiger partial charge in [0.2, 0.25) is 0 Å². The number of carbonyl (C=O) groups excluding carboxylic acids is 1. The van der Waals surface area contributed by atoms with Crippen LogP contribution in [-0.2, 0) is 6.42 Å². The van der Waals surface area contributed by atoms with Gasteiger partial charge in [0.15, 0.2) is 0 Å². The molecule has 0 atom stereocenters. The molecule has 0 spiro atoms. The van der Waals surface area contributed by atoms with Crippen molar-refractivity contribution < 1.29 is 4.79 Å². The summed E-state index contributed by atoms with van der Waals surface area (Å²) in [7, 11) is 0. The molecule has 0 aliphatic carbocycles. The molecule has 0 radical (unpaired) electrons. The van der Waals surface area contributed by atoms with Gasteiger partial charge in [0, 0.05) is 34.0 Å². The first-order chi connectivity index (χ1) is 11.7. The van der Waals surface area contributed by atoms with E-state index in [2.05, 4.69) is 61.9 Å². The topological polar surface area (TPSA) is 41.1 Å². The van der Waals surface area contributed by atoms with Gasteiger partial charge < -0.3 is 10.6 Å². The van der Waals surface area contributed by atoms with Crippen molar-refractivity contribution in [1.29, 1.82) is 0 Å². The van der Waals surface area contributed by atoms with Crippen LogP contribution in [-0.4, -0.2) is 23.0 Å². The van der Waals surface area contributed by atoms with Gasteiger partial charge in [-0.3, -0.25) is 4.79 Å². The van der Waals surface area contributed by atoms with Crippen molar-refractivity contribution >= 4 is 17.2 Å². The molecule has 3 nitrogen and oxygen atoms in total. The van der Waals surface area contributed by atoms with E-state index >= 15 is 0 Å². The van der Waals surface area contributed by atoms with Gasteiger partial charge in [-0.25, -0.2) is 0 Å². The van der Waals surface area contributed by atoms with Crippen LogP contribution in [0.25, 0.3) is 0 Å². The molecular weight excluding hydrogens is 328 g/mol. The lowest BCUT2D eigenvalue weighted by Crippen LogP contribution is -2.62. The van der Waals surface area contributed by atoms with Gasteiger partial charge in [0.1, 0.15) is 0 Å². The Balaban J connectivity index is 1.75. The zero-order valence-electron chi connectivity index (χ0n) is 15.6. The molecule has 1 aromatic heterocycles. The summed E-state index contributed by atoms with van der Waals surface area (Å²) >= 11 is 1.73. The normalized spacial score (nSPS) is 19.5. The van der Waals surface area contributed by atoms with Gasteiger partial charge in [-0.1, -0.05) is 24.3 Å². The molecule has 25 heavy (non-hydrogen) atoms. The molecule has 0 unspecified atom stereocenters. The van der Waals surface area contributed by atoms with Gasteiger partial charge in [0.25, 0.3) is 5.91 Å². The summed E-state index contributed by atoms with van der Waals surface area (Å²) in [5, 5.41) is 9.04. The average Bonchev–Trinajstić information content (AvgIpc) is 2.97. The largest absolute Gasteiger partial charge is 0.349 e. The third-order valence-corrected chi connectivity index (χ3v) is 5.61. The molecule has 3 rings (SSSR count). The molecule has 1 aliphatic rings. The van der Waals surface area contributed by atoms with Gasteiger partial charge in [-0.05, 0) is 63.6 Å². The number of thiophene rings is 1. The van der Waals surface area contributed by atoms with Gasteiger partial charge in [0.05, 0.1) is 0 Å². The summed E-state index contributed by atoms with van der Waals surface area (Å²) in [4.78, 5) is 14.2. The third kappa shape index (κ3) is 4.71. The zero-order valence-corrected chi connectivity index (χ0v) is 16.4. The average molecular weight is 357 g/mol. The van der Waals surface area contributed by atoms with Gasteiger partial charge >= 0.3 is 0 Å². The van der Waals surface area contributed by atoms with Crippen LogP contribution in [0.3, 0.4) is 0 Å². The SMILES string of the molecule is CC1(C)CC(NC(=O)c2ccccc2Cc2cccs2)CC(C)(C)N1. The highest BCUT2D eigenvalue weighted by Gasteiger charge is 2.38. The van der Waals surface area contributed by atoms with Crippen molar-refractivity contribution in [3.05, 3.63) is 57.8 Å². The van der Waals surface area contributed by atoms with Crippen LogP contribution in [0.5, 0.6) is 0 Å². The van der Waals surface area contributed by atoms with E-state index in [-0.39, 0.29) is 23.0 Å². The first-order valence-electron chi connectivity index (χ1n) is 8.95. The zero-order chi connectivity index (χ0) is 18.1. The fourth-order valence-corrected chi connectivity index (χ4v) is 4.91. The highest BCUT2D eigenvalue weighted by atomic mass is 32.1. The molecule has 1 aromatic carbocycles. The molecule has 2 heterocycles. The molecular formula is C21H28N2OS. The molecule has 1 saturated heterocycles. The van der Waals surface area contributed by atoms with Crippen LogP contribution in [0, 0.1) is 0 Å². The van der Waals surface area contributed by atoms with Crippen LogP contribution in [0.4, 0.5) is 0 Å². The second kappa shape index (κ2) is 6.93. The number of rotatable bonds is 4. The number of piperidine rings is 1. The maximum absolute atomic E-state index is 13.0. The Hall–Kier alpha value is -1.65. The van der Waals surface area contributed by atoms with E-state index in [1.54, 1.807) is 11.3 Å². The maximum atomic E-state index is 13.0. The summed E-state index contributed by atoms with van der Waals surface area (Å²) in [6.45, 7) is 8.82. The number of hydrogen-bond donors (Lipinski definition) is 2. The predicted octanol–water partition coefficient (Wildman–Crippen LogP) is 4.38. The van der Waals surface area contributed by atoms with E-state index < -0.39 is 0 Å². The predicted molar refractivity (Wildman–Crippen MR) is 105 cm³/mol. The lowest BCUT2D eigenvalue weighted by Gasteiger charge is -2.46. The lowest BCUT2D eigenvalue weighted by molar-refractivity contribution is 0.0872. The highest BCUT2D eigenvalue weighted by molar-refractivity contribution is 7.09. The van der Waals surface area contributed by atoms with Crippen LogP contribution in [0.2, 0.25) is 0 Å². The van der Waals surface area contributed by atoms with Crippen LogP contribution in [0.15, 0.2) is 41.8 Å². The first-order valence-corrected chi connectivity index (χ1v) is 9.83. The van der Waals surface area contributed by atoms with Crippen molar-refractivity contribution in [2.45, 2.75) is 64.1 Å².